The number of phenolic OH excluding ortho intramolecular Hbond substituents is 1. The molecule has 0 unspecified atom stereocenters. The maximum atomic E-state index is 10.7. The van der Waals surface area contributed by atoms with Gasteiger partial charge in [-0.1, -0.05) is 66.9 Å². The van der Waals surface area contributed by atoms with Crippen LogP contribution in [0.5, 0.6) is 5.75 Å². The molecule has 0 amide bonds. The summed E-state index contributed by atoms with van der Waals surface area (Å²) < 4.78 is 0. The third kappa shape index (κ3) is 4.73. The Bertz CT molecular complexity index is 528. The van der Waals surface area contributed by atoms with Gasteiger partial charge in [-0.3, -0.25) is 0 Å². The van der Waals surface area contributed by atoms with E-state index in [4.69, 9.17) is 0 Å². The lowest BCUT2D eigenvalue weighted by Crippen LogP contribution is -2.31. The third-order valence-corrected chi connectivity index (χ3v) is 5.07. The Kier molecular flexibility index (Phi) is 5.45. The molecule has 1 aliphatic carbocycles. The first-order valence-electron chi connectivity index (χ1n) is 9.19. The summed E-state index contributed by atoms with van der Waals surface area (Å²) in [7, 11) is 0. The Morgan fingerprint density at radius 3 is 2.09 bits per heavy atom. The fraction of sp³-hybridized carbons (Fsp3) is 0.714. The molecule has 0 aliphatic heterocycles. The molecular formula is C21H35NO. The summed E-state index contributed by atoms with van der Waals surface area (Å²) in [5, 5.41) is 14.4. The van der Waals surface area contributed by atoms with Gasteiger partial charge in [-0.15, -0.1) is 0 Å². The Balaban J connectivity index is 2.29. The standard InChI is InChI=1S/C21H35NO/c1-20(2,3)15-12-18(21(4,5)6)17(19(23)13-15)14-22-16-10-8-7-9-11-16/h12-13,16,22-23H,7-11,14H2,1-6H3. The highest BCUT2D eigenvalue weighted by Gasteiger charge is 2.25. The van der Waals surface area contributed by atoms with Gasteiger partial charge >= 0.3 is 0 Å². The van der Waals surface area contributed by atoms with Gasteiger partial charge < -0.3 is 10.4 Å². The van der Waals surface area contributed by atoms with Crippen LogP contribution in [-0.4, -0.2) is 11.1 Å². The summed E-state index contributed by atoms with van der Waals surface area (Å²) in [5.41, 5.74) is 3.64. The second-order valence-electron chi connectivity index (χ2n) is 9.24. The number of phenols is 1. The molecule has 1 aliphatic rings. The van der Waals surface area contributed by atoms with E-state index >= 15 is 0 Å². The van der Waals surface area contributed by atoms with Crippen LogP contribution < -0.4 is 5.32 Å². The molecule has 130 valence electrons. The van der Waals surface area contributed by atoms with Crippen molar-refractivity contribution in [1.29, 1.82) is 0 Å². The van der Waals surface area contributed by atoms with Crippen LogP contribution in [0.1, 0.15) is 90.3 Å². The molecule has 2 rings (SSSR count). The van der Waals surface area contributed by atoms with Gasteiger partial charge in [-0.25, -0.2) is 0 Å². The van der Waals surface area contributed by atoms with Gasteiger partial charge in [0.05, 0.1) is 0 Å². The van der Waals surface area contributed by atoms with Crippen LogP contribution >= 0.6 is 0 Å². The summed E-state index contributed by atoms with van der Waals surface area (Å²) in [6.45, 7) is 14.1. The van der Waals surface area contributed by atoms with Crippen LogP contribution in [-0.2, 0) is 17.4 Å². The molecule has 1 saturated carbocycles. The van der Waals surface area contributed by atoms with Crippen LogP contribution in [0.2, 0.25) is 0 Å². The monoisotopic (exact) mass is 317 g/mol. The highest BCUT2D eigenvalue weighted by Crippen LogP contribution is 2.36. The smallest absolute Gasteiger partial charge is 0.120 e. The lowest BCUT2D eigenvalue weighted by atomic mass is 9.78. The van der Waals surface area contributed by atoms with E-state index in [1.165, 1.54) is 43.2 Å². The summed E-state index contributed by atoms with van der Waals surface area (Å²) in [6.07, 6.45) is 6.58. The topological polar surface area (TPSA) is 32.3 Å². The summed E-state index contributed by atoms with van der Waals surface area (Å²) in [6, 6.07) is 4.88. The SMILES string of the molecule is CC(C)(C)c1cc(O)c(CNC2CCCCC2)c(C(C)(C)C)c1. The second kappa shape index (κ2) is 6.84. The van der Waals surface area contributed by atoms with E-state index in [1.807, 2.05) is 6.07 Å². The van der Waals surface area contributed by atoms with Gasteiger partial charge in [0.15, 0.2) is 0 Å². The summed E-state index contributed by atoms with van der Waals surface area (Å²) >= 11 is 0. The lowest BCUT2D eigenvalue weighted by molar-refractivity contribution is 0.366. The second-order valence-corrected chi connectivity index (χ2v) is 9.24. The van der Waals surface area contributed by atoms with Crippen molar-refractivity contribution in [2.24, 2.45) is 0 Å². The number of rotatable bonds is 3. The predicted octanol–water partition coefficient (Wildman–Crippen LogP) is 5.41. The van der Waals surface area contributed by atoms with Gasteiger partial charge in [-0.05, 0) is 40.9 Å². The van der Waals surface area contributed by atoms with Crippen molar-refractivity contribution in [2.75, 3.05) is 0 Å². The molecule has 0 atom stereocenters. The minimum absolute atomic E-state index is 0.0301. The number of aromatic hydroxyl groups is 1. The fourth-order valence-electron chi connectivity index (χ4n) is 3.50. The quantitative estimate of drug-likeness (QED) is 0.781. The van der Waals surface area contributed by atoms with Crippen LogP contribution in [0.4, 0.5) is 0 Å². The zero-order valence-corrected chi connectivity index (χ0v) is 15.9. The van der Waals surface area contributed by atoms with Crippen LogP contribution in [0, 0.1) is 0 Å². The molecule has 1 aromatic rings. The highest BCUT2D eigenvalue weighted by atomic mass is 16.3. The van der Waals surface area contributed by atoms with Crippen molar-refractivity contribution in [3.63, 3.8) is 0 Å². The third-order valence-electron chi connectivity index (χ3n) is 5.07. The Morgan fingerprint density at radius 1 is 0.957 bits per heavy atom. The van der Waals surface area contributed by atoms with E-state index in [1.54, 1.807) is 0 Å². The normalized spacial score (nSPS) is 17.5. The first-order chi connectivity index (χ1) is 10.6. The van der Waals surface area contributed by atoms with Gasteiger partial charge in [0.1, 0.15) is 5.75 Å². The van der Waals surface area contributed by atoms with E-state index in [0.717, 1.165) is 12.1 Å². The minimum Gasteiger partial charge on any atom is -0.508 e. The van der Waals surface area contributed by atoms with Gasteiger partial charge in [0.25, 0.3) is 0 Å². The van der Waals surface area contributed by atoms with Gasteiger partial charge in [0.2, 0.25) is 0 Å². The Hall–Kier alpha value is -1.02. The molecule has 0 bridgehead atoms. The van der Waals surface area contributed by atoms with E-state index < -0.39 is 0 Å². The van der Waals surface area contributed by atoms with E-state index in [2.05, 4.69) is 52.9 Å². The molecule has 2 heteroatoms. The van der Waals surface area contributed by atoms with Crippen LogP contribution in [0.3, 0.4) is 0 Å². The van der Waals surface area contributed by atoms with Crippen molar-refractivity contribution in [3.05, 3.63) is 28.8 Å². The highest BCUT2D eigenvalue weighted by molar-refractivity contribution is 5.47. The van der Waals surface area contributed by atoms with E-state index in [0.29, 0.717) is 11.8 Å². The molecule has 2 nitrogen and oxygen atoms in total. The number of nitrogens with one attached hydrogen (secondary N) is 1. The predicted molar refractivity (Wildman–Crippen MR) is 99.2 cm³/mol. The molecule has 2 N–H and O–H groups in total. The molecular weight excluding hydrogens is 282 g/mol. The average molecular weight is 318 g/mol. The molecule has 1 aromatic carbocycles. The molecule has 23 heavy (non-hydrogen) atoms. The summed E-state index contributed by atoms with van der Waals surface area (Å²) in [5.74, 6) is 0.450. The molecule has 1 fully saturated rings. The van der Waals surface area contributed by atoms with E-state index in [9.17, 15) is 5.11 Å². The van der Waals surface area contributed by atoms with E-state index in [-0.39, 0.29) is 10.8 Å². The molecule has 0 saturated heterocycles. The first kappa shape index (κ1) is 18.3. The summed E-state index contributed by atoms with van der Waals surface area (Å²) in [4.78, 5) is 0. The van der Waals surface area contributed by atoms with Crippen molar-refractivity contribution >= 4 is 0 Å². The van der Waals surface area contributed by atoms with Crippen molar-refractivity contribution < 1.29 is 5.11 Å². The number of hydrogen-bond acceptors (Lipinski definition) is 2. The Labute approximate surface area is 142 Å². The molecule has 0 heterocycles. The zero-order chi connectivity index (χ0) is 17.3. The van der Waals surface area contributed by atoms with Crippen molar-refractivity contribution in [2.45, 2.75) is 97.1 Å². The Morgan fingerprint density at radius 2 is 1.57 bits per heavy atom. The first-order valence-corrected chi connectivity index (χ1v) is 9.19. The lowest BCUT2D eigenvalue weighted by Gasteiger charge is -2.30. The van der Waals surface area contributed by atoms with Crippen LogP contribution in [0.15, 0.2) is 12.1 Å². The molecule has 0 spiro atoms. The molecule has 0 radical (unpaired) electrons. The molecule has 0 aromatic heterocycles. The van der Waals surface area contributed by atoms with Crippen LogP contribution in [0.25, 0.3) is 0 Å². The maximum absolute atomic E-state index is 10.7. The maximum Gasteiger partial charge on any atom is 0.120 e. The fourth-order valence-corrected chi connectivity index (χ4v) is 3.50. The average Bonchev–Trinajstić information content (AvgIpc) is 2.44. The number of benzene rings is 1. The van der Waals surface area contributed by atoms with Gasteiger partial charge in [-0.2, -0.15) is 0 Å². The largest absolute Gasteiger partial charge is 0.508 e. The minimum atomic E-state index is 0.0301. The van der Waals surface area contributed by atoms with Crippen molar-refractivity contribution in [3.8, 4) is 5.75 Å². The van der Waals surface area contributed by atoms with Gasteiger partial charge in [0, 0.05) is 18.2 Å². The number of hydrogen-bond donors (Lipinski definition) is 2. The van der Waals surface area contributed by atoms with Crippen molar-refractivity contribution in [1.82, 2.24) is 5.32 Å². The zero-order valence-electron chi connectivity index (χ0n) is 15.9.